The van der Waals surface area contributed by atoms with Crippen LogP contribution in [0.5, 0.6) is 0 Å². The van der Waals surface area contributed by atoms with Crippen molar-refractivity contribution in [2.24, 2.45) is 0 Å². The predicted molar refractivity (Wildman–Crippen MR) is 73.9 cm³/mol. The van der Waals surface area contributed by atoms with Crippen LogP contribution >= 0.6 is 11.6 Å². The van der Waals surface area contributed by atoms with Crippen LogP contribution in [0.1, 0.15) is 6.23 Å². The van der Waals surface area contributed by atoms with Gasteiger partial charge >= 0.3 is 5.69 Å². The molecule has 116 valence electrons. The van der Waals surface area contributed by atoms with Gasteiger partial charge in [-0.05, 0) is 0 Å². The average molecular weight is 319 g/mol. The van der Waals surface area contributed by atoms with Gasteiger partial charge in [-0.3, -0.25) is 14.3 Å². The lowest BCUT2D eigenvalue weighted by atomic mass is 10.0. The van der Waals surface area contributed by atoms with Gasteiger partial charge in [0.2, 0.25) is 0 Å². The van der Waals surface area contributed by atoms with Crippen LogP contribution in [0.3, 0.4) is 0 Å². The van der Waals surface area contributed by atoms with Crippen LogP contribution in [0.2, 0.25) is 0 Å². The van der Waals surface area contributed by atoms with Crippen molar-refractivity contribution in [1.82, 2.24) is 9.55 Å². The van der Waals surface area contributed by atoms with Crippen molar-refractivity contribution in [2.75, 3.05) is 19.1 Å². The van der Waals surface area contributed by atoms with Gasteiger partial charge in [0.05, 0.1) is 19.1 Å². The minimum absolute atomic E-state index is 0.385. The van der Waals surface area contributed by atoms with Gasteiger partial charge in [-0.1, -0.05) is 5.92 Å². The van der Waals surface area contributed by atoms with E-state index in [-0.39, 0.29) is 5.88 Å². The molecule has 0 aliphatic heterocycles. The fraction of sp³-hybridized carbons (Fsp3) is 0.500. The zero-order chi connectivity index (χ0) is 16.0. The minimum Gasteiger partial charge on any atom is -0.393 e. The molecule has 0 amide bonds. The Balaban J connectivity index is 3.18. The van der Waals surface area contributed by atoms with Gasteiger partial charge in [0.15, 0.2) is 6.23 Å². The van der Waals surface area contributed by atoms with Crippen LogP contribution in [0, 0.1) is 12.3 Å². The number of halogens is 1. The van der Waals surface area contributed by atoms with Crippen molar-refractivity contribution in [3.8, 4) is 12.3 Å². The summed E-state index contributed by atoms with van der Waals surface area (Å²) in [5.41, 5.74) is -3.22. The second-order valence-electron chi connectivity index (χ2n) is 4.20. The number of rotatable bonds is 7. The lowest BCUT2D eigenvalue weighted by Gasteiger charge is -2.35. The van der Waals surface area contributed by atoms with Gasteiger partial charge in [-0.25, -0.2) is 4.79 Å². The van der Waals surface area contributed by atoms with Crippen LogP contribution in [0.15, 0.2) is 21.9 Å². The molecule has 8 nitrogen and oxygen atoms in total. The highest BCUT2D eigenvalue weighted by molar-refractivity contribution is 6.18. The third-order valence-electron chi connectivity index (χ3n) is 2.84. The first-order chi connectivity index (χ1) is 9.93. The fourth-order valence-electron chi connectivity index (χ4n) is 1.59. The molecule has 0 aromatic carbocycles. The first kappa shape index (κ1) is 17.4. The maximum atomic E-state index is 11.7. The molecule has 0 saturated carbocycles. The Morgan fingerprint density at radius 3 is 2.62 bits per heavy atom. The van der Waals surface area contributed by atoms with E-state index in [9.17, 15) is 24.9 Å². The lowest BCUT2D eigenvalue weighted by molar-refractivity contribution is -0.183. The second kappa shape index (κ2) is 7.40. The maximum absolute atomic E-state index is 11.7. The Kier molecular flexibility index (Phi) is 6.14. The van der Waals surface area contributed by atoms with E-state index in [1.54, 1.807) is 0 Å². The number of nitrogens with zero attached hydrogens (tertiary/aromatic N) is 1. The summed E-state index contributed by atoms with van der Waals surface area (Å²) >= 11 is 5.68. The van der Waals surface area contributed by atoms with E-state index < -0.39 is 42.4 Å². The molecule has 0 unspecified atom stereocenters. The van der Waals surface area contributed by atoms with Gasteiger partial charge in [-0.2, -0.15) is 0 Å². The molecule has 1 aromatic heterocycles. The van der Waals surface area contributed by atoms with Crippen molar-refractivity contribution in [3.05, 3.63) is 33.1 Å². The standard InChI is InChI=1S/C12H15ClN2O6/c1-2-8(18)12(6-13,7-17)21-10(5-16)15-4-3-9(19)14-11(15)20/h1,3-4,8,10,16-18H,5-7H2,(H,14,19,20)/t8-,10+,12+/m0/s1. The SMILES string of the molecule is C#C[C@H](O)[C@](CO)(CCl)O[C@H](CO)n1ccc(=O)[nH]c1=O. The Morgan fingerprint density at radius 2 is 2.19 bits per heavy atom. The van der Waals surface area contributed by atoms with Gasteiger partial charge in [0, 0.05) is 12.3 Å². The van der Waals surface area contributed by atoms with E-state index in [2.05, 4.69) is 0 Å². The molecule has 0 radical (unpaired) electrons. The number of hydrogen-bond acceptors (Lipinski definition) is 6. The highest BCUT2D eigenvalue weighted by Crippen LogP contribution is 2.23. The first-order valence-corrected chi connectivity index (χ1v) is 6.38. The molecule has 1 rings (SSSR count). The lowest BCUT2D eigenvalue weighted by Crippen LogP contribution is -2.52. The first-order valence-electron chi connectivity index (χ1n) is 5.85. The van der Waals surface area contributed by atoms with E-state index in [1.165, 1.54) is 0 Å². The molecule has 9 heteroatoms. The second-order valence-corrected chi connectivity index (χ2v) is 4.47. The summed E-state index contributed by atoms with van der Waals surface area (Å²) in [6, 6.07) is 1.05. The Hall–Kier alpha value is -1.63. The fourth-order valence-corrected chi connectivity index (χ4v) is 1.89. The number of alkyl halides is 1. The third kappa shape index (κ3) is 3.72. The van der Waals surface area contributed by atoms with Crippen molar-refractivity contribution in [2.45, 2.75) is 17.9 Å². The summed E-state index contributed by atoms with van der Waals surface area (Å²) in [5.74, 6) is 1.59. The number of H-pyrrole nitrogens is 1. The van der Waals surface area contributed by atoms with Crippen molar-refractivity contribution in [3.63, 3.8) is 0 Å². The Morgan fingerprint density at radius 1 is 1.52 bits per heavy atom. The summed E-state index contributed by atoms with van der Waals surface area (Å²) in [4.78, 5) is 24.6. The van der Waals surface area contributed by atoms with Gasteiger partial charge in [-0.15, -0.1) is 18.0 Å². The molecule has 21 heavy (non-hydrogen) atoms. The quantitative estimate of drug-likeness (QED) is 0.341. The molecule has 1 heterocycles. The average Bonchev–Trinajstić information content (AvgIpc) is 2.49. The van der Waals surface area contributed by atoms with Crippen LogP contribution < -0.4 is 11.2 Å². The zero-order valence-electron chi connectivity index (χ0n) is 10.9. The number of nitrogens with one attached hydrogen (secondary N) is 1. The van der Waals surface area contributed by atoms with Gasteiger partial charge in [0.1, 0.15) is 11.7 Å². The van der Waals surface area contributed by atoms with Gasteiger partial charge in [0.25, 0.3) is 5.56 Å². The van der Waals surface area contributed by atoms with Crippen molar-refractivity contribution < 1.29 is 20.1 Å². The molecule has 4 N–H and O–H groups in total. The molecule has 0 saturated heterocycles. The number of terminal acetylenes is 1. The van der Waals surface area contributed by atoms with E-state index in [1.807, 2.05) is 10.9 Å². The molecule has 0 aliphatic carbocycles. The van der Waals surface area contributed by atoms with Crippen LogP contribution in [-0.2, 0) is 4.74 Å². The third-order valence-corrected chi connectivity index (χ3v) is 3.29. The molecular weight excluding hydrogens is 304 g/mol. The number of aliphatic hydroxyl groups excluding tert-OH is 3. The molecular formula is C12H15ClN2O6. The molecule has 0 bridgehead atoms. The summed E-state index contributed by atoms with van der Waals surface area (Å²) < 4.78 is 6.24. The minimum atomic E-state index is -1.76. The van der Waals surface area contributed by atoms with Crippen LogP contribution in [-0.4, -0.2) is 55.7 Å². The number of aromatic amines is 1. The molecule has 0 aliphatic rings. The summed E-state index contributed by atoms with van der Waals surface area (Å²) in [6.07, 6.45) is 3.32. The van der Waals surface area contributed by atoms with Crippen molar-refractivity contribution in [1.29, 1.82) is 0 Å². The van der Waals surface area contributed by atoms with Crippen LogP contribution in [0.4, 0.5) is 0 Å². The number of ether oxygens (including phenoxy) is 1. The van der Waals surface area contributed by atoms with E-state index >= 15 is 0 Å². The van der Waals surface area contributed by atoms with E-state index in [0.717, 1.165) is 16.8 Å². The number of aromatic nitrogens is 2. The van der Waals surface area contributed by atoms with Crippen molar-refractivity contribution >= 4 is 11.6 Å². The summed E-state index contributed by atoms with van der Waals surface area (Å²) in [6.45, 7) is -1.42. The number of aliphatic hydroxyl groups is 3. The van der Waals surface area contributed by atoms with E-state index in [0.29, 0.717) is 0 Å². The largest absolute Gasteiger partial charge is 0.393 e. The predicted octanol–water partition coefficient (Wildman–Crippen LogP) is -1.99. The highest BCUT2D eigenvalue weighted by Gasteiger charge is 2.40. The smallest absolute Gasteiger partial charge is 0.330 e. The Labute approximate surface area is 124 Å². The number of hydrogen-bond donors (Lipinski definition) is 4. The normalized spacial score (nSPS) is 16.7. The van der Waals surface area contributed by atoms with Crippen LogP contribution in [0.25, 0.3) is 0 Å². The molecule has 3 atom stereocenters. The zero-order valence-corrected chi connectivity index (χ0v) is 11.7. The summed E-state index contributed by atoms with van der Waals surface area (Å²) in [7, 11) is 0. The maximum Gasteiger partial charge on any atom is 0.330 e. The Bertz CT molecular complexity index is 615. The monoisotopic (exact) mass is 318 g/mol. The molecule has 1 aromatic rings. The highest BCUT2D eigenvalue weighted by atomic mass is 35.5. The van der Waals surface area contributed by atoms with E-state index in [4.69, 9.17) is 22.8 Å². The molecule has 0 fully saturated rings. The van der Waals surface area contributed by atoms with Gasteiger partial charge < -0.3 is 20.1 Å². The molecule has 0 spiro atoms. The summed E-state index contributed by atoms with van der Waals surface area (Å²) in [5, 5.41) is 28.5. The topological polar surface area (TPSA) is 125 Å².